The van der Waals surface area contributed by atoms with Crippen LogP contribution in [0.4, 0.5) is 11.4 Å². The lowest BCUT2D eigenvalue weighted by Crippen LogP contribution is -2.31. The summed E-state index contributed by atoms with van der Waals surface area (Å²) in [5.41, 5.74) is 2.30. The molecule has 0 unspecified atom stereocenters. The zero-order valence-corrected chi connectivity index (χ0v) is 16.1. The summed E-state index contributed by atoms with van der Waals surface area (Å²) in [6.45, 7) is 1.87. The third-order valence-electron chi connectivity index (χ3n) is 5.32. The maximum atomic E-state index is 12.8. The molecule has 142 valence electrons. The minimum absolute atomic E-state index is 0.192. The summed E-state index contributed by atoms with van der Waals surface area (Å²) in [7, 11) is 0. The first-order chi connectivity index (χ1) is 13.5. The highest BCUT2D eigenvalue weighted by molar-refractivity contribution is 6.31. The van der Waals surface area contributed by atoms with Crippen molar-refractivity contribution < 1.29 is 14.4 Å². The first kappa shape index (κ1) is 18.4. The number of allylic oxidation sites excluding steroid dienone is 2. The van der Waals surface area contributed by atoms with Crippen molar-refractivity contribution in [2.45, 2.75) is 19.8 Å². The SMILES string of the molecule is Cc1ccc(Cl)cc1NC(=O)c1cccc(N2C(=O)[C@H]3CC=CC[C@H]3C2=O)c1. The minimum Gasteiger partial charge on any atom is -0.322 e. The Morgan fingerprint density at radius 2 is 1.71 bits per heavy atom. The third-order valence-corrected chi connectivity index (χ3v) is 5.56. The second-order valence-electron chi connectivity index (χ2n) is 7.13. The van der Waals surface area contributed by atoms with Crippen LogP contribution in [0.25, 0.3) is 0 Å². The number of carbonyl (C=O) groups is 3. The van der Waals surface area contributed by atoms with Crippen LogP contribution in [0.1, 0.15) is 28.8 Å². The van der Waals surface area contributed by atoms with Gasteiger partial charge in [0.15, 0.2) is 0 Å². The first-order valence-electron chi connectivity index (χ1n) is 9.16. The lowest BCUT2D eigenvalue weighted by molar-refractivity contribution is -0.122. The van der Waals surface area contributed by atoms with E-state index in [1.54, 1.807) is 36.4 Å². The van der Waals surface area contributed by atoms with Gasteiger partial charge in [0, 0.05) is 16.3 Å². The van der Waals surface area contributed by atoms with E-state index in [4.69, 9.17) is 11.6 Å². The molecule has 0 bridgehead atoms. The molecule has 0 radical (unpaired) electrons. The van der Waals surface area contributed by atoms with Gasteiger partial charge in [-0.25, -0.2) is 0 Å². The van der Waals surface area contributed by atoms with Crippen LogP contribution < -0.4 is 10.2 Å². The number of nitrogens with zero attached hydrogens (tertiary/aromatic N) is 1. The van der Waals surface area contributed by atoms with Gasteiger partial charge in [0.2, 0.25) is 11.8 Å². The van der Waals surface area contributed by atoms with E-state index in [9.17, 15) is 14.4 Å². The summed E-state index contributed by atoms with van der Waals surface area (Å²) in [6.07, 6.45) is 5.07. The lowest BCUT2D eigenvalue weighted by Gasteiger charge is -2.16. The molecule has 6 heteroatoms. The number of hydrogen-bond acceptors (Lipinski definition) is 3. The van der Waals surface area contributed by atoms with Crippen molar-refractivity contribution in [1.82, 2.24) is 0 Å². The summed E-state index contributed by atoms with van der Waals surface area (Å²) in [5.74, 6) is -1.32. The second kappa shape index (κ2) is 7.24. The maximum Gasteiger partial charge on any atom is 0.255 e. The van der Waals surface area contributed by atoms with Gasteiger partial charge in [-0.05, 0) is 55.7 Å². The normalized spacial score (nSPS) is 21.0. The molecular formula is C22H19ClN2O3. The highest BCUT2D eigenvalue weighted by Crippen LogP contribution is 2.37. The lowest BCUT2D eigenvalue weighted by atomic mass is 9.85. The van der Waals surface area contributed by atoms with E-state index in [-0.39, 0.29) is 29.6 Å². The average molecular weight is 395 g/mol. The fraction of sp³-hybridized carbons (Fsp3) is 0.227. The van der Waals surface area contributed by atoms with Gasteiger partial charge in [-0.1, -0.05) is 35.9 Å². The fourth-order valence-electron chi connectivity index (χ4n) is 3.76. The Hall–Kier alpha value is -2.92. The van der Waals surface area contributed by atoms with E-state index in [0.29, 0.717) is 34.8 Å². The van der Waals surface area contributed by atoms with Crippen LogP contribution in [0.3, 0.4) is 0 Å². The van der Waals surface area contributed by atoms with Gasteiger partial charge in [0.25, 0.3) is 5.91 Å². The van der Waals surface area contributed by atoms with Crippen molar-refractivity contribution in [3.63, 3.8) is 0 Å². The number of nitrogens with one attached hydrogen (secondary N) is 1. The van der Waals surface area contributed by atoms with Crippen LogP contribution in [0.15, 0.2) is 54.6 Å². The molecule has 0 saturated carbocycles. The predicted octanol–water partition coefficient (Wildman–Crippen LogP) is 4.36. The number of hydrogen-bond donors (Lipinski definition) is 1. The van der Waals surface area contributed by atoms with Gasteiger partial charge in [0.05, 0.1) is 17.5 Å². The van der Waals surface area contributed by atoms with Crippen LogP contribution in [0, 0.1) is 18.8 Å². The van der Waals surface area contributed by atoms with Gasteiger partial charge in [0.1, 0.15) is 0 Å². The molecule has 2 atom stereocenters. The molecule has 0 spiro atoms. The molecule has 1 aliphatic heterocycles. The summed E-state index contributed by atoms with van der Waals surface area (Å²) in [4.78, 5) is 39.5. The highest BCUT2D eigenvalue weighted by atomic mass is 35.5. The molecule has 2 aromatic carbocycles. The zero-order valence-electron chi connectivity index (χ0n) is 15.3. The van der Waals surface area contributed by atoms with E-state index in [2.05, 4.69) is 5.32 Å². The quantitative estimate of drug-likeness (QED) is 0.621. The van der Waals surface area contributed by atoms with E-state index in [1.807, 2.05) is 25.1 Å². The van der Waals surface area contributed by atoms with Crippen molar-refractivity contribution in [3.05, 3.63) is 70.8 Å². The van der Waals surface area contributed by atoms with E-state index in [0.717, 1.165) is 5.56 Å². The molecule has 2 aliphatic rings. The molecule has 3 amide bonds. The highest BCUT2D eigenvalue weighted by Gasteiger charge is 2.47. The van der Waals surface area contributed by atoms with Gasteiger partial charge in [-0.2, -0.15) is 0 Å². The van der Waals surface area contributed by atoms with Crippen molar-refractivity contribution in [1.29, 1.82) is 0 Å². The summed E-state index contributed by atoms with van der Waals surface area (Å²) in [6, 6.07) is 11.9. The molecule has 1 aliphatic carbocycles. The number of rotatable bonds is 3. The largest absolute Gasteiger partial charge is 0.322 e. The second-order valence-corrected chi connectivity index (χ2v) is 7.57. The number of imide groups is 1. The Labute approximate surface area is 168 Å². The van der Waals surface area contributed by atoms with Crippen LogP contribution in [0.5, 0.6) is 0 Å². The van der Waals surface area contributed by atoms with E-state index in [1.165, 1.54) is 4.90 Å². The molecule has 1 saturated heterocycles. The molecule has 28 heavy (non-hydrogen) atoms. The summed E-state index contributed by atoms with van der Waals surface area (Å²) < 4.78 is 0. The topological polar surface area (TPSA) is 66.5 Å². The van der Waals surface area contributed by atoms with Crippen molar-refractivity contribution in [2.24, 2.45) is 11.8 Å². The Bertz CT molecular complexity index is 989. The number of carbonyl (C=O) groups excluding carboxylic acids is 3. The van der Waals surface area contributed by atoms with Gasteiger partial charge in [-0.15, -0.1) is 0 Å². The maximum absolute atomic E-state index is 12.8. The molecule has 4 rings (SSSR count). The van der Waals surface area contributed by atoms with E-state index < -0.39 is 0 Å². The molecule has 5 nitrogen and oxygen atoms in total. The van der Waals surface area contributed by atoms with Crippen LogP contribution in [-0.2, 0) is 9.59 Å². The summed E-state index contributed by atoms with van der Waals surface area (Å²) in [5, 5.41) is 3.36. The molecule has 1 heterocycles. The molecular weight excluding hydrogens is 376 g/mol. The van der Waals surface area contributed by atoms with Crippen LogP contribution in [-0.4, -0.2) is 17.7 Å². The summed E-state index contributed by atoms with van der Waals surface area (Å²) >= 11 is 6.01. The minimum atomic E-state index is -0.328. The Balaban J connectivity index is 1.60. The van der Waals surface area contributed by atoms with Crippen molar-refractivity contribution in [2.75, 3.05) is 10.2 Å². The number of halogens is 1. The predicted molar refractivity (Wildman–Crippen MR) is 108 cm³/mol. The fourth-order valence-corrected chi connectivity index (χ4v) is 3.94. The molecule has 1 N–H and O–H groups in total. The number of amides is 3. The van der Waals surface area contributed by atoms with Gasteiger partial charge >= 0.3 is 0 Å². The average Bonchev–Trinajstić information content (AvgIpc) is 2.95. The van der Waals surface area contributed by atoms with Crippen LogP contribution in [0.2, 0.25) is 5.02 Å². The Morgan fingerprint density at radius 3 is 2.39 bits per heavy atom. The number of anilines is 2. The van der Waals surface area contributed by atoms with Gasteiger partial charge in [-0.3, -0.25) is 19.3 Å². The smallest absolute Gasteiger partial charge is 0.255 e. The number of aryl methyl sites for hydroxylation is 1. The molecule has 0 aromatic heterocycles. The van der Waals surface area contributed by atoms with E-state index >= 15 is 0 Å². The van der Waals surface area contributed by atoms with Gasteiger partial charge < -0.3 is 5.32 Å². The van der Waals surface area contributed by atoms with Crippen molar-refractivity contribution in [3.8, 4) is 0 Å². The number of fused-ring (bicyclic) bond motifs is 1. The monoisotopic (exact) mass is 394 g/mol. The Kier molecular flexibility index (Phi) is 4.77. The van der Waals surface area contributed by atoms with Crippen LogP contribution >= 0.6 is 11.6 Å². The first-order valence-corrected chi connectivity index (χ1v) is 9.54. The third kappa shape index (κ3) is 3.22. The molecule has 2 aromatic rings. The Morgan fingerprint density at radius 1 is 1.04 bits per heavy atom. The zero-order chi connectivity index (χ0) is 19.8. The molecule has 1 fully saturated rings. The number of benzene rings is 2. The van der Waals surface area contributed by atoms with Crippen molar-refractivity contribution >= 4 is 40.7 Å². The standard InChI is InChI=1S/C22H19ClN2O3/c1-13-9-10-15(23)12-19(13)24-20(26)14-5-4-6-16(11-14)25-21(27)17-7-2-3-8-18(17)22(25)28/h2-6,9-12,17-18H,7-8H2,1H3,(H,24,26)/t17-,18+.